The van der Waals surface area contributed by atoms with Crippen molar-refractivity contribution in [2.75, 3.05) is 18.9 Å². The van der Waals surface area contributed by atoms with Crippen molar-refractivity contribution in [2.24, 2.45) is 0 Å². The highest BCUT2D eigenvalue weighted by atomic mass is 35.5. The van der Waals surface area contributed by atoms with Crippen molar-refractivity contribution in [2.45, 2.75) is 25.0 Å². The Kier molecular flexibility index (Phi) is 8.10. The molecule has 0 aliphatic rings. The van der Waals surface area contributed by atoms with Gasteiger partial charge in [-0.15, -0.1) is 10.2 Å². The number of hydrogen-bond acceptors (Lipinski definition) is 7. The topological polar surface area (TPSA) is 110 Å². The number of benzene rings is 1. The molecule has 0 saturated heterocycles. The van der Waals surface area contributed by atoms with Crippen LogP contribution in [0.1, 0.15) is 13.3 Å². The van der Waals surface area contributed by atoms with E-state index in [1.54, 1.807) is 12.1 Å². The molecule has 0 spiro atoms. The third kappa shape index (κ3) is 6.27. The van der Waals surface area contributed by atoms with Gasteiger partial charge in [-0.3, -0.25) is 9.59 Å². The molecule has 0 saturated carbocycles. The molecule has 1 heterocycles. The van der Waals surface area contributed by atoms with Crippen LogP contribution in [-0.4, -0.2) is 45.5 Å². The molecule has 1 N–H and O–H groups in total. The molecule has 27 heavy (non-hydrogen) atoms. The fourth-order valence-corrected chi connectivity index (χ4v) is 3.04. The van der Waals surface area contributed by atoms with Crippen molar-refractivity contribution < 1.29 is 14.3 Å². The molecule has 0 aliphatic heterocycles. The Hall–Kier alpha value is -2.57. The number of nitrogens with zero attached hydrogens (tertiary/aromatic N) is 4. The molecule has 142 valence electrons. The Bertz CT molecular complexity index is 832. The molecule has 1 amide bonds. The fraction of sp³-hybridized carbons (Fsp3) is 0.353. The number of ether oxygens (including phenoxy) is 1. The van der Waals surface area contributed by atoms with Crippen LogP contribution in [-0.2, 0) is 20.9 Å². The molecule has 2 aromatic rings. The third-order valence-electron chi connectivity index (χ3n) is 3.38. The van der Waals surface area contributed by atoms with Crippen LogP contribution < -0.4 is 5.32 Å². The van der Waals surface area contributed by atoms with Crippen molar-refractivity contribution in [1.29, 1.82) is 5.26 Å². The van der Waals surface area contributed by atoms with Gasteiger partial charge in [0.05, 0.1) is 18.2 Å². The zero-order valence-corrected chi connectivity index (χ0v) is 16.2. The number of hydrogen-bond donors (Lipinski definition) is 1. The number of amides is 1. The lowest BCUT2D eigenvalue weighted by Gasteiger charge is -2.08. The summed E-state index contributed by atoms with van der Waals surface area (Å²) in [4.78, 5) is 23.3. The lowest BCUT2D eigenvalue weighted by atomic mass is 10.2. The van der Waals surface area contributed by atoms with E-state index in [2.05, 4.69) is 15.5 Å². The van der Waals surface area contributed by atoms with Gasteiger partial charge in [0.2, 0.25) is 0 Å². The van der Waals surface area contributed by atoms with E-state index in [1.807, 2.05) is 29.7 Å². The molecule has 1 aromatic heterocycles. The highest BCUT2D eigenvalue weighted by molar-refractivity contribution is 7.99. The number of nitriles is 1. The average molecular weight is 408 g/mol. The van der Waals surface area contributed by atoms with Gasteiger partial charge < -0.3 is 14.6 Å². The summed E-state index contributed by atoms with van der Waals surface area (Å²) in [5.41, 5.74) is 0.872. The summed E-state index contributed by atoms with van der Waals surface area (Å²) in [6.07, 6.45) is 0.207. The lowest BCUT2D eigenvalue weighted by molar-refractivity contribution is -0.145. The van der Waals surface area contributed by atoms with E-state index in [4.69, 9.17) is 21.6 Å². The van der Waals surface area contributed by atoms with E-state index in [0.29, 0.717) is 22.5 Å². The number of carbonyl (C=O) groups excluding carboxylic acids is 2. The molecule has 0 radical (unpaired) electrons. The van der Waals surface area contributed by atoms with Crippen molar-refractivity contribution >= 4 is 35.2 Å². The van der Waals surface area contributed by atoms with E-state index in [1.165, 1.54) is 11.8 Å². The number of nitrogens with one attached hydrogen (secondary N) is 1. The Balaban J connectivity index is 1.89. The van der Waals surface area contributed by atoms with E-state index in [-0.39, 0.29) is 25.3 Å². The van der Waals surface area contributed by atoms with Crippen molar-refractivity contribution in [3.63, 3.8) is 0 Å². The first-order valence-corrected chi connectivity index (χ1v) is 9.52. The zero-order chi connectivity index (χ0) is 19.6. The SMILES string of the molecule is CCn1c(SCC(=O)OCC(=O)NCCC#N)nnc1-c1ccc(Cl)cc1. The minimum Gasteiger partial charge on any atom is -0.455 e. The molecule has 2 rings (SSSR count). The molecule has 1 aromatic carbocycles. The maximum Gasteiger partial charge on any atom is 0.316 e. The zero-order valence-electron chi connectivity index (χ0n) is 14.6. The first-order chi connectivity index (χ1) is 13.0. The summed E-state index contributed by atoms with van der Waals surface area (Å²) < 4.78 is 6.79. The van der Waals surface area contributed by atoms with Crippen LogP contribution >= 0.6 is 23.4 Å². The Morgan fingerprint density at radius 3 is 2.74 bits per heavy atom. The minimum absolute atomic E-state index is 0.00419. The van der Waals surface area contributed by atoms with Gasteiger partial charge in [-0.05, 0) is 31.2 Å². The highest BCUT2D eigenvalue weighted by Crippen LogP contribution is 2.25. The third-order valence-corrected chi connectivity index (χ3v) is 4.57. The summed E-state index contributed by atoms with van der Waals surface area (Å²) in [6.45, 7) is 2.44. The summed E-state index contributed by atoms with van der Waals surface area (Å²) >= 11 is 7.09. The van der Waals surface area contributed by atoms with Crippen molar-refractivity contribution in [1.82, 2.24) is 20.1 Å². The molecule has 8 nitrogen and oxygen atoms in total. The Morgan fingerprint density at radius 1 is 1.33 bits per heavy atom. The standard InChI is InChI=1S/C17H18ClN5O3S/c1-2-23-16(12-4-6-13(18)7-5-12)21-22-17(23)27-11-15(25)26-10-14(24)20-9-3-8-19/h4-7H,2-3,9-11H2,1H3,(H,20,24). The van der Waals surface area contributed by atoms with E-state index in [9.17, 15) is 9.59 Å². The van der Waals surface area contributed by atoms with Crippen LogP contribution in [0.4, 0.5) is 0 Å². The van der Waals surface area contributed by atoms with E-state index in [0.717, 1.165) is 5.56 Å². The van der Waals surface area contributed by atoms with Gasteiger partial charge in [0.15, 0.2) is 17.6 Å². The summed E-state index contributed by atoms with van der Waals surface area (Å²) in [5, 5.41) is 20.4. The number of aromatic nitrogens is 3. The number of carbonyl (C=O) groups is 2. The van der Waals surface area contributed by atoms with Gasteiger partial charge in [0.1, 0.15) is 0 Å². The molecule has 0 fully saturated rings. The number of esters is 1. The number of rotatable bonds is 9. The molecule has 0 atom stereocenters. The molecule has 0 unspecified atom stereocenters. The second-order valence-corrected chi connectivity index (χ2v) is 6.64. The summed E-state index contributed by atoms with van der Waals surface area (Å²) in [5.74, 6) is -0.286. The Morgan fingerprint density at radius 2 is 2.07 bits per heavy atom. The number of thioether (sulfide) groups is 1. The van der Waals surface area contributed by atoms with Crippen LogP contribution in [0.25, 0.3) is 11.4 Å². The van der Waals surface area contributed by atoms with Crippen LogP contribution in [0.2, 0.25) is 5.02 Å². The van der Waals surface area contributed by atoms with E-state index < -0.39 is 11.9 Å². The van der Waals surface area contributed by atoms with Crippen molar-refractivity contribution in [3.8, 4) is 17.5 Å². The van der Waals surface area contributed by atoms with Crippen LogP contribution in [0.15, 0.2) is 29.4 Å². The highest BCUT2D eigenvalue weighted by Gasteiger charge is 2.15. The van der Waals surface area contributed by atoms with Gasteiger partial charge in [-0.25, -0.2) is 0 Å². The first kappa shape index (κ1) is 20.7. The molecule has 0 aliphatic carbocycles. The second kappa shape index (κ2) is 10.5. The lowest BCUT2D eigenvalue weighted by Crippen LogP contribution is -2.29. The summed E-state index contributed by atoms with van der Waals surface area (Å²) in [6, 6.07) is 9.16. The summed E-state index contributed by atoms with van der Waals surface area (Å²) in [7, 11) is 0. The molecule has 10 heteroatoms. The van der Waals surface area contributed by atoms with Gasteiger partial charge in [-0.1, -0.05) is 23.4 Å². The van der Waals surface area contributed by atoms with Gasteiger partial charge in [0, 0.05) is 23.7 Å². The predicted octanol–water partition coefficient (Wildman–Crippen LogP) is 2.28. The maximum atomic E-state index is 11.8. The second-order valence-electron chi connectivity index (χ2n) is 5.26. The first-order valence-electron chi connectivity index (χ1n) is 8.16. The number of halogens is 1. The van der Waals surface area contributed by atoms with Crippen molar-refractivity contribution in [3.05, 3.63) is 29.3 Å². The normalized spacial score (nSPS) is 10.3. The molecular formula is C17H18ClN5O3S. The van der Waals surface area contributed by atoms with Crippen LogP contribution in [0, 0.1) is 11.3 Å². The molecule has 0 bridgehead atoms. The predicted molar refractivity (Wildman–Crippen MR) is 101 cm³/mol. The average Bonchev–Trinajstić information content (AvgIpc) is 3.08. The Labute approximate surface area is 165 Å². The van der Waals surface area contributed by atoms with Gasteiger partial charge in [0.25, 0.3) is 5.91 Å². The largest absolute Gasteiger partial charge is 0.455 e. The quantitative estimate of drug-likeness (QED) is 0.385. The van der Waals surface area contributed by atoms with Gasteiger partial charge >= 0.3 is 5.97 Å². The smallest absolute Gasteiger partial charge is 0.316 e. The minimum atomic E-state index is -0.533. The van der Waals surface area contributed by atoms with Gasteiger partial charge in [-0.2, -0.15) is 5.26 Å². The van der Waals surface area contributed by atoms with Crippen LogP contribution in [0.5, 0.6) is 0 Å². The monoisotopic (exact) mass is 407 g/mol. The van der Waals surface area contributed by atoms with E-state index >= 15 is 0 Å². The van der Waals surface area contributed by atoms with Crippen LogP contribution in [0.3, 0.4) is 0 Å². The fourth-order valence-electron chi connectivity index (χ4n) is 2.11. The molecular weight excluding hydrogens is 390 g/mol. The maximum absolute atomic E-state index is 11.8.